The molecule has 11 heteroatoms. The van der Waals surface area contributed by atoms with Crippen LogP contribution in [0.2, 0.25) is 0 Å². The van der Waals surface area contributed by atoms with E-state index in [2.05, 4.69) is 25.7 Å². The number of piperazine rings is 1. The SMILES string of the molecule is Cc1n[nH]c(C)c1N1CCN(c2cc(/C(N)=N/NN)ccc2C(F)(F)F)CC1. The Morgan fingerprint density at radius 2 is 1.82 bits per heavy atom. The van der Waals surface area contributed by atoms with Crippen molar-refractivity contribution in [3.63, 3.8) is 0 Å². The first-order valence-electron chi connectivity index (χ1n) is 8.74. The highest BCUT2D eigenvalue weighted by Gasteiger charge is 2.36. The van der Waals surface area contributed by atoms with Crippen LogP contribution in [0.25, 0.3) is 0 Å². The van der Waals surface area contributed by atoms with E-state index in [9.17, 15) is 13.2 Å². The van der Waals surface area contributed by atoms with E-state index in [0.29, 0.717) is 31.7 Å². The molecule has 0 saturated carbocycles. The zero-order valence-electron chi connectivity index (χ0n) is 15.6. The van der Waals surface area contributed by atoms with E-state index in [1.54, 1.807) is 4.90 Å². The molecule has 0 unspecified atom stereocenters. The Bertz CT molecular complexity index is 846. The third-order valence-corrected chi connectivity index (χ3v) is 4.81. The molecule has 0 bridgehead atoms. The fraction of sp³-hybridized carbons (Fsp3) is 0.412. The summed E-state index contributed by atoms with van der Waals surface area (Å²) in [6.07, 6.45) is -4.47. The Balaban J connectivity index is 1.88. The maximum absolute atomic E-state index is 13.5. The van der Waals surface area contributed by atoms with Crippen molar-refractivity contribution in [3.8, 4) is 0 Å². The third-order valence-electron chi connectivity index (χ3n) is 4.81. The van der Waals surface area contributed by atoms with Crippen LogP contribution < -0.4 is 26.9 Å². The van der Waals surface area contributed by atoms with Crippen LogP contribution in [0, 0.1) is 13.8 Å². The summed E-state index contributed by atoms with van der Waals surface area (Å²) >= 11 is 0. The standard InChI is InChI=1S/C17H23F3N8/c1-10-15(11(2)24-23-10)28-7-5-27(6-8-28)14-9-12(16(21)25-26-22)3-4-13(14)17(18,19)20/h3-4,9,26H,5-8,22H2,1-2H3,(H2,21,25)(H,23,24). The Morgan fingerprint density at radius 3 is 2.36 bits per heavy atom. The molecule has 152 valence electrons. The Labute approximate surface area is 160 Å². The summed E-state index contributed by atoms with van der Waals surface area (Å²) < 4.78 is 40.6. The average Bonchev–Trinajstić information content (AvgIpc) is 2.99. The minimum absolute atomic E-state index is 0.0146. The summed E-state index contributed by atoms with van der Waals surface area (Å²) in [6.45, 7) is 5.86. The molecule has 1 aliphatic heterocycles. The van der Waals surface area contributed by atoms with Crippen molar-refractivity contribution in [2.24, 2.45) is 16.7 Å². The number of rotatable bonds is 4. The molecule has 1 saturated heterocycles. The quantitative estimate of drug-likeness (QED) is 0.269. The number of aromatic nitrogens is 2. The van der Waals surface area contributed by atoms with Gasteiger partial charge in [-0.3, -0.25) is 5.10 Å². The number of hydrazone groups is 1. The molecular weight excluding hydrogens is 373 g/mol. The van der Waals surface area contributed by atoms with Crippen LogP contribution in [0.15, 0.2) is 23.3 Å². The summed E-state index contributed by atoms with van der Waals surface area (Å²) in [6, 6.07) is 3.72. The Hall–Kier alpha value is -2.95. The lowest BCUT2D eigenvalue weighted by Crippen LogP contribution is -2.47. The molecule has 28 heavy (non-hydrogen) atoms. The van der Waals surface area contributed by atoms with Crippen LogP contribution in [0.4, 0.5) is 24.5 Å². The fourth-order valence-corrected chi connectivity index (χ4v) is 3.51. The second-order valence-corrected chi connectivity index (χ2v) is 6.61. The van der Waals surface area contributed by atoms with Gasteiger partial charge in [0.1, 0.15) is 0 Å². The van der Waals surface area contributed by atoms with Gasteiger partial charge in [0, 0.05) is 37.4 Å². The van der Waals surface area contributed by atoms with Crippen molar-refractivity contribution in [3.05, 3.63) is 40.7 Å². The van der Waals surface area contributed by atoms with E-state index in [4.69, 9.17) is 11.6 Å². The number of halogens is 3. The normalized spacial score (nSPS) is 15.9. The highest BCUT2D eigenvalue weighted by Crippen LogP contribution is 2.38. The number of aromatic amines is 1. The van der Waals surface area contributed by atoms with Crippen molar-refractivity contribution in [1.82, 2.24) is 15.7 Å². The topological polar surface area (TPSA) is 112 Å². The molecule has 1 aliphatic rings. The van der Waals surface area contributed by atoms with Gasteiger partial charge in [-0.05, 0) is 26.0 Å². The van der Waals surface area contributed by atoms with Crippen LogP contribution in [0.3, 0.4) is 0 Å². The summed E-state index contributed by atoms with van der Waals surface area (Å²) in [5.74, 6) is 5.13. The summed E-state index contributed by atoms with van der Waals surface area (Å²) in [7, 11) is 0. The molecule has 0 radical (unpaired) electrons. The molecule has 0 spiro atoms. The highest BCUT2D eigenvalue weighted by atomic mass is 19.4. The van der Waals surface area contributed by atoms with E-state index >= 15 is 0 Å². The van der Waals surface area contributed by atoms with Crippen LogP contribution >= 0.6 is 0 Å². The van der Waals surface area contributed by atoms with Gasteiger partial charge in [-0.15, -0.1) is 5.10 Å². The smallest absolute Gasteiger partial charge is 0.382 e. The molecule has 1 aromatic carbocycles. The molecule has 1 fully saturated rings. The van der Waals surface area contributed by atoms with Gasteiger partial charge in [-0.1, -0.05) is 6.07 Å². The summed E-state index contributed by atoms with van der Waals surface area (Å²) in [4.78, 5) is 3.85. The number of nitrogens with zero attached hydrogens (tertiary/aromatic N) is 4. The van der Waals surface area contributed by atoms with E-state index in [0.717, 1.165) is 23.1 Å². The van der Waals surface area contributed by atoms with Crippen molar-refractivity contribution >= 4 is 17.2 Å². The highest BCUT2D eigenvalue weighted by molar-refractivity contribution is 5.98. The number of aryl methyl sites for hydroxylation is 2. The van der Waals surface area contributed by atoms with Gasteiger partial charge in [-0.25, -0.2) is 11.4 Å². The third kappa shape index (κ3) is 3.84. The molecule has 0 amide bonds. The molecule has 3 rings (SSSR count). The van der Waals surface area contributed by atoms with Gasteiger partial charge in [0.15, 0.2) is 5.84 Å². The number of hydrogen-bond donors (Lipinski definition) is 4. The number of anilines is 2. The van der Waals surface area contributed by atoms with Gasteiger partial charge in [-0.2, -0.15) is 18.3 Å². The van der Waals surface area contributed by atoms with Gasteiger partial charge in [0.25, 0.3) is 0 Å². The number of hydrogen-bond acceptors (Lipinski definition) is 6. The monoisotopic (exact) mass is 396 g/mol. The minimum atomic E-state index is -4.47. The molecule has 6 N–H and O–H groups in total. The first-order chi connectivity index (χ1) is 13.2. The maximum atomic E-state index is 13.5. The average molecular weight is 396 g/mol. The molecule has 8 nitrogen and oxygen atoms in total. The van der Waals surface area contributed by atoms with E-state index in [1.165, 1.54) is 12.1 Å². The number of amidine groups is 1. The number of H-pyrrole nitrogens is 1. The van der Waals surface area contributed by atoms with Crippen LogP contribution in [-0.2, 0) is 6.18 Å². The lowest BCUT2D eigenvalue weighted by atomic mass is 10.1. The van der Waals surface area contributed by atoms with Gasteiger partial charge >= 0.3 is 6.18 Å². The predicted octanol–water partition coefficient (Wildman–Crippen LogP) is 1.46. The van der Waals surface area contributed by atoms with Crippen molar-refractivity contribution in [2.45, 2.75) is 20.0 Å². The number of benzene rings is 1. The largest absolute Gasteiger partial charge is 0.418 e. The molecule has 1 aromatic heterocycles. The molecule has 0 atom stereocenters. The Morgan fingerprint density at radius 1 is 1.18 bits per heavy atom. The van der Waals surface area contributed by atoms with Crippen molar-refractivity contribution in [2.75, 3.05) is 36.0 Å². The zero-order chi connectivity index (χ0) is 20.5. The van der Waals surface area contributed by atoms with E-state index in [1.807, 2.05) is 13.8 Å². The number of alkyl halides is 3. The van der Waals surface area contributed by atoms with Crippen LogP contribution in [-0.4, -0.2) is 42.2 Å². The van der Waals surface area contributed by atoms with Gasteiger partial charge < -0.3 is 15.5 Å². The van der Waals surface area contributed by atoms with Crippen molar-refractivity contribution < 1.29 is 13.2 Å². The zero-order valence-corrected chi connectivity index (χ0v) is 15.6. The number of nitrogens with two attached hydrogens (primary N) is 2. The van der Waals surface area contributed by atoms with Gasteiger partial charge in [0.2, 0.25) is 0 Å². The molecular formula is C17H23F3N8. The first kappa shape index (κ1) is 19.8. The first-order valence-corrected chi connectivity index (χ1v) is 8.74. The second-order valence-electron chi connectivity index (χ2n) is 6.61. The second kappa shape index (κ2) is 7.58. The molecule has 2 heterocycles. The predicted molar refractivity (Wildman–Crippen MR) is 102 cm³/mol. The van der Waals surface area contributed by atoms with E-state index < -0.39 is 11.7 Å². The summed E-state index contributed by atoms with van der Waals surface area (Å²) in [5, 5.41) is 10.8. The minimum Gasteiger partial charge on any atom is -0.382 e. The maximum Gasteiger partial charge on any atom is 0.418 e. The number of nitrogens with one attached hydrogen (secondary N) is 2. The Kier molecular flexibility index (Phi) is 5.36. The lowest BCUT2D eigenvalue weighted by molar-refractivity contribution is -0.137. The van der Waals surface area contributed by atoms with E-state index in [-0.39, 0.29) is 11.5 Å². The van der Waals surface area contributed by atoms with Crippen LogP contribution in [0.5, 0.6) is 0 Å². The van der Waals surface area contributed by atoms with Crippen LogP contribution in [0.1, 0.15) is 22.5 Å². The number of hydrazine groups is 1. The van der Waals surface area contributed by atoms with Gasteiger partial charge in [0.05, 0.1) is 22.6 Å². The fourth-order valence-electron chi connectivity index (χ4n) is 3.51. The lowest BCUT2D eigenvalue weighted by Gasteiger charge is -2.38. The van der Waals surface area contributed by atoms with Crippen molar-refractivity contribution in [1.29, 1.82) is 0 Å². The summed E-state index contributed by atoms with van der Waals surface area (Å²) in [5.41, 5.74) is 10.4. The molecule has 2 aromatic rings. The molecule has 0 aliphatic carbocycles.